The van der Waals surface area contributed by atoms with Crippen LogP contribution in [0.4, 0.5) is 5.69 Å². The number of carbonyl (C=O) groups is 1. The zero-order valence-corrected chi connectivity index (χ0v) is 17.2. The van der Waals surface area contributed by atoms with Crippen LogP contribution in [0.2, 0.25) is 0 Å². The molecule has 6 heteroatoms. The van der Waals surface area contributed by atoms with E-state index in [0.717, 1.165) is 22.9 Å². The third-order valence-corrected chi connectivity index (χ3v) is 5.69. The number of para-hydroxylation sites is 1. The van der Waals surface area contributed by atoms with Crippen molar-refractivity contribution in [2.75, 3.05) is 17.1 Å². The molecule has 0 aromatic heterocycles. The summed E-state index contributed by atoms with van der Waals surface area (Å²) in [5.41, 5.74) is 3.44. The van der Waals surface area contributed by atoms with Gasteiger partial charge in [0.05, 0.1) is 18.0 Å². The molecular formula is C21H28N2O3S. The highest BCUT2D eigenvalue weighted by atomic mass is 32.2. The lowest BCUT2D eigenvalue weighted by atomic mass is 10.0. The van der Waals surface area contributed by atoms with Crippen molar-refractivity contribution in [3.8, 4) is 0 Å². The van der Waals surface area contributed by atoms with Crippen LogP contribution >= 0.6 is 0 Å². The Labute approximate surface area is 162 Å². The summed E-state index contributed by atoms with van der Waals surface area (Å²) in [6.07, 6.45) is 2.53. The Hall–Kier alpha value is -2.34. The van der Waals surface area contributed by atoms with Crippen LogP contribution < -0.4 is 9.62 Å². The summed E-state index contributed by atoms with van der Waals surface area (Å²) in [5.74, 6) is -0.329. The zero-order valence-electron chi connectivity index (χ0n) is 16.4. The smallest absolute Gasteiger partial charge is 0.241 e. The fourth-order valence-corrected chi connectivity index (χ4v) is 4.06. The van der Waals surface area contributed by atoms with Gasteiger partial charge in [0.2, 0.25) is 15.9 Å². The Kier molecular flexibility index (Phi) is 7.02. The highest BCUT2D eigenvalue weighted by Crippen LogP contribution is 2.29. The SMILES string of the molecule is CCc1cccc(CC)c1N(CC(=O)NC(C)c1ccccc1)S(C)(=O)=O. The van der Waals surface area contributed by atoms with Crippen LogP contribution in [0, 0.1) is 0 Å². The van der Waals surface area contributed by atoms with E-state index in [1.165, 1.54) is 4.31 Å². The maximum Gasteiger partial charge on any atom is 0.241 e. The number of carbonyl (C=O) groups excluding carboxylic acids is 1. The maximum atomic E-state index is 12.6. The first kappa shape index (κ1) is 21.0. The van der Waals surface area contributed by atoms with Crippen LogP contribution in [0.1, 0.15) is 43.5 Å². The fraction of sp³-hybridized carbons (Fsp3) is 0.381. The molecule has 0 radical (unpaired) electrons. The van der Waals surface area contributed by atoms with E-state index in [1.807, 2.05) is 69.3 Å². The molecule has 1 atom stereocenters. The van der Waals surface area contributed by atoms with Gasteiger partial charge in [0, 0.05) is 0 Å². The van der Waals surface area contributed by atoms with Gasteiger partial charge in [-0.3, -0.25) is 9.10 Å². The van der Waals surface area contributed by atoms with Gasteiger partial charge in [-0.1, -0.05) is 62.4 Å². The van der Waals surface area contributed by atoms with Gasteiger partial charge < -0.3 is 5.32 Å². The van der Waals surface area contributed by atoms with E-state index >= 15 is 0 Å². The molecule has 0 saturated heterocycles. The molecule has 0 bridgehead atoms. The molecule has 0 aliphatic heterocycles. The molecule has 2 aromatic rings. The van der Waals surface area contributed by atoms with Gasteiger partial charge in [-0.05, 0) is 36.5 Å². The maximum absolute atomic E-state index is 12.6. The van der Waals surface area contributed by atoms with Crippen molar-refractivity contribution in [1.29, 1.82) is 0 Å². The zero-order chi connectivity index (χ0) is 20.0. The van der Waals surface area contributed by atoms with Crippen LogP contribution in [0.3, 0.4) is 0 Å². The van der Waals surface area contributed by atoms with Gasteiger partial charge in [-0.15, -0.1) is 0 Å². The van der Waals surface area contributed by atoms with Crippen molar-refractivity contribution in [3.05, 3.63) is 65.2 Å². The molecule has 0 aliphatic carbocycles. The Balaban J connectivity index is 2.30. The van der Waals surface area contributed by atoms with Crippen LogP contribution in [-0.2, 0) is 27.7 Å². The minimum Gasteiger partial charge on any atom is -0.348 e. The first-order valence-electron chi connectivity index (χ1n) is 9.20. The second kappa shape index (κ2) is 9.04. The van der Waals surface area contributed by atoms with Crippen LogP contribution in [0.25, 0.3) is 0 Å². The number of sulfonamides is 1. The van der Waals surface area contributed by atoms with E-state index in [2.05, 4.69) is 5.32 Å². The van der Waals surface area contributed by atoms with E-state index < -0.39 is 10.0 Å². The number of benzene rings is 2. The standard InChI is InChI=1S/C21H28N2O3S/c1-5-17-13-10-14-18(6-2)21(17)23(27(4,25)26)15-20(24)22-16(3)19-11-8-7-9-12-19/h7-14,16H,5-6,15H2,1-4H3,(H,22,24). The van der Waals surface area contributed by atoms with Crippen molar-refractivity contribution < 1.29 is 13.2 Å². The van der Waals surface area contributed by atoms with Crippen molar-refractivity contribution in [2.45, 2.75) is 39.7 Å². The topological polar surface area (TPSA) is 66.5 Å². The molecule has 0 saturated carbocycles. The normalized spacial score (nSPS) is 12.4. The Morgan fingerprint density at radius 3 is 2.04 bits per heavy atom. The summed E-state index contributed by atoms with van der Waals surface area (Å²) in [4.78, 5) is 12.6. The number of amides is 1. The summed E-state index contributed by atoms with van der Waals surface area (Å²) in [6.45, 7) is 5.61. The number of anilines is 1. The quantitative estimate of drug-likeness (QED) is 0.753. The molecular weight excluding hydrogens is 360 g/mol. The summed E-state index contributed by atoms with van der Waals surface area (Å²) in [6, 6.07) is 15.1. The average Bonchev–Trinajstić information content (AvgIpc) is 2.65. The number of aryl methyl sites for hydroxylation is 2. The molecule has 0 spiro atoms. The van der Waals surface area contributed by atoms with E-state index in [-0.39, 0.29) is 18.5 Å². The van der Waals surface area contributed by atoms with Crippen molar-refractivity contribution in [3.63, 3.8) is 0 Å². The molecule has 0 aliphatic rings. The average molecular weight is 389 g/mol. The van der Waals surface area contributed by atoms with Gasteiger partial charge in [0.1, 0.15) is 6.54 Å². The molecule has 1 N–H and O–H groups in total. The van der Waals surface area contributed by atoms with Gasteiger partial charge >= 0.3 is 0 Å². The first-order valence-corrected chi connectivity index (χ1v) is 11.1. The molecule has 1 amide bonds. The predicted molar refractivity (Wildman–Crippen MR) is 110 cm³/mol. The molecule has 0 fully saturated rings. The molecule has 146 valence electrons. The first-order chi connectivity index (χ1) is 12.8. The molecule has 5 nitrogen and oxygen atoms in total. The van der Waals surface area contributed by atoms with Gasteiger partial charge in [0.25, 0.3) is 0 Å². The lowest BCUT2D eigenvalue weighted by Crippen LogP contribution is -2.42. The second-order valence-corrected chi connectivity index (χ2v) is 8.51. The van der Waals surface area contributed by atoms with Gasteiger partial charge in [-0.25, -0.2) is 8.42 Å². The fourth-order valence-electron chi connectivity index (χ4n) is 3.14. The lowest BCUT2D eigenvalue weighted by molar-refractivity contribution is -0.120. The van der Waals surface area contributed by atoms with Crippen LogP contribution in [0.5, 0.6) is 0 Å². The monoisotopic (exact) mass is 388 g/mol. The lowest BCUT2D eigenvalue weighted by Gasteiger charge is -2.27. The third-order valence-electron chi connectivity index (χ3n) is 4.58. The van der Waals surface area contributed by atoms with Crippen LogP contribution in [0.15, 0.2) is 48.5 Å². The number of rotatable bonds is 8. The number of nitrogens with zero attached hydrogens (tertiary/aromatic N) is 1. The second-order valence-electron chi connectivity index (χ2n) is 6.60. The molecule has 2 aromatic carbocycles. The predicted octanol–water partition coefficient (Wildman–Crippen LogP) is 3.45. The summed E-state index contributed by atoms with van der Waals surface area (Å²) >= 11 is 0. The van der Waals surface area contributed by atoms with E-state index in [4.69, 9.17) is 0 Å². The number of hydrogen-bond donors (Lipinski definition) is 1. The molecule has 2 rings (SSSR count). The highest BCUT2D eigenvalue weighted by molar-refractivity contribution is 7.92. The minimum absolute atomic E-state index is 0.202. The van der Waals surface area contributed by atoms with Crippen molar-refractivity contribution >= 4 is 21.6 Å². The molecule has 0 heterocycles. The van der Waals surface area contributed by atoms with Crippen LogP contribution in [-0.4, -0.2) is 27.1 Å². The Morgan fingerprint density at radius 1 is 1.00 bits per heavy atom. The third kappa shape index (κ3) is 5.32. The highest BCUT2D eigenvalue weighted by Gasteiger charge is 2.25. The summed E-state index contributed by atoms with van der Waals surface area (Å²) in [5, 5.41) is 2.90. The van der Waals surface area contributed by atoms with Gasteiger partial charge in [0.15, 0.2) is 0 Å². The van der Waals surface area contributed by atoms with E-state index in [1.54, 1.807) is 0 Å². The number of hydrogen-bond acceptors (Lipinski definition) is 3. The van der Waals surface area contributed by atoms with Gasteiger partial charge in [-0.2, -0.15) is 0 Å². The Morgan fingerprint density at radius 2 is 1.56 bits per heavy atom. The van der Waals surface area contributed by atoms with E-state index in [9.17, 15) is 13.2 Å². The number of nitrogens with one attached hydrogen (secondary N) is 1. The molecule has 1 unspecified atom stereocenters. The minimum atomic E-state index is -3.61. The van der Waals surface area contributed by atoms with Crippen molar-refractivity contribution in [2.24, 2.45) is 0 Å². The Bertz CT molecular complexity index is 857. The molecule has 27 heavy (non-hydrogen) atoms. The summed E-state index contributed by atoms with van der Waals surface area (Å²) in [7, 11) is -3.61. The summed E-state index contributed by atoms with van der Waals surface area (Å²) < 4.78 is 26.2. The largest absolute Gasteiger partial charge is 0.348 e. The van der Waals surface area contributed by atoms with Crippen molar-refractivity contribution in [1.82, 2.24) is 5.32 Å². The van der Waals surface area contributed by atoms with E-state index in [0.29, 0.717) is 18.5 Å².